The summed E-state index contributed by atoms with van der Waals surface area (Å²) in [6.45, 7) is 1.95. The van der Waals surface area contributed by atoms with Crippen molar-refractivity contribution in [2.75, 3.05) is 19.6 Å². The molecular formula is C35H33N3O7. The molecule has 0 bridgehead atoms. The molecule has 0 aromatic heterocycles. The number of phenolic OH excluding ortho intramolecular Hbond substituents is 1. The molecule has 4 amide bonds. The largest absolute Gasteiger partial charge is 0.508 e. The summed E-state index contributed by atoms with van der Waals surface area (Å²) in [4.78, 5) is 55.9. The minimum atomic E-state index is -1.48. The lowest BCUT2D eigenvalue weighted by atomic mass is 9.49. The summed E-state index contributed by atoms with van der Waals surface area (Å²) in [5, 5.41) is 14.2. The van der Waals surface area contributed by atoms with Gasteiger partial charge in [-0.3, -0.25) is 29.9 Å². The van der Waals surface area contributed by atoms with Gasteiger partial charge in [-0.05, 0) is 43.4 Å². The van der Waals surface area contributed by atoms with Crippen molar-refractivity contribution in [2.24, 2.45) is 23.7 Å². The predicted molar refractivity (Wildman–Crippen MR) is 163 cm³/mol. The first kappa shape index (κ1) is 28.6. The molecule has 3 aromatic carbocycles. The van der Waals surface area contributed by atoms with E-state index in [1.807, 2.05) is 55.5 Å². The fourth-order valence-corrected chi connectivity index (χ4v) is 8.18. The number of nitrogens with one attached hydrogen (secondary N) is 2. The number of fused-ring (bicyclic) bond motifs is 4. The monoisotopic (exact) mass is 607 g/mol. The number of carbonyl (C=O) groups is 4. The smallest absolute Gasteiger partial charge is 0.260 e. The maximum absolute atomic E-state index is 15.2. The topological polar surface area (TPSA) is 134 Å². The molecule has 2 aliphatic heterocycles. The van der Waals surface area contributed by atoms with Crippen LogP contribution in [0, 0.1) is 30.6 Å². The molecule has 6 unspecified atom stereocenters. The number of ether oxygens (including phenoxy) is 2. The molecule has 4 aliphatic rings. The summed E-state index contributed by atoms with van der Waals surface area (Å²) in [5.41, 5.74) is 5.05. The molecule has 10 nitrogen and oxygen atoms in total. The second-order valence-corrected chi connectivity index (χ2v) is 12.2. The molecule has 2 saturated heterocycles. The Kier molecular flexibility index (Phi) is 6.68. The highest BCUT2D eigenvalue weighted by atomic mass is 16.5. The van der Waals surface area contributed by atoms with E-state index < -0.39 is 46.8 Å². The van der Waals surface area contributed by atoms with Gasteiger partial charge >= 0.3 is 0 Å². The zero-order valence-electron chi connectivity index (χ0n) is 25.1. The molecule has 3 aromatic rings. The number of phenols is 1. The fraction of sp³-hybridized carbons (Fsp3) is 0.314. The first-order valence-corrected chi connectivity index (χ1v) is 15.0. The van der Waals surface area contributed by atoms with Crippen molar-refractivity contribution >= 4 is 29.3 Å². The molecule has 6 atom stereocenters. The summed E-state index contributed by atoms with van der Waals surface area (Å²) in [6, 6.07) is 19.5. The van der Waals surface area contributed by atoms with Crippen molar-refractivity contribution in [3.8, 4) is 17.2 Å². The molecule has 10 heteroatoms. The van der Waals surface area contributed by atoms with Gasteiger partial charge < -0.3 is 14.6 Å². The van der Waals surface area contributed by atoms with Gasteiger partial charge in [0.05, 0.1) is 43.1 Å². The number of imide groups is 2. The van der Waals surface area contributed by atoms with Crippen LogP contribution in [-0.2, 0) is 24.6 Å². The molecule has 3 N–H and O–H groups in total. The highest BCUT2D eigenvalue weighted by Crippen LogP contribution is 2.65. The highest BCUT2D eigenvalue weighted by molar-refractivity contribution is 6.13. The maximum Gasteiger partial charge on any atom is 0.260 e. The second kappa shape index (κ2) is 10.5. The van der Waals surface area contributed by atoms with E-state index in [0.29, 0.717) is 23.2 Å². The van der Waals surface area contributed by atoms with E-state index in [1.54, 1.807) is 12.1 Å². The van der Waals surface area contributed by atoms with Crippen LogP contribution in [0.15, 0.2) is 78.4 Å². The molecule has 1 saturated carbocycles. The zero-order valence-corrected chi connectivity index (χ0v) is 25.1. The van der Waals surface area contributed by atoms with Crippen LogP contribution in [0.2, 0.25) is 0 Å². The zero-order chi connectivity index (χ0) is 31.6. The lowest BCUT2D eigenvalue weighted by Crippen LogP contribution is -2.53. The molecule has 45 heavy (non-hydrogen) atoms. The minimum absolute atomic E-state index is 0.0972. The van der Waals surface area contributed by atoms with Crippen LogP contribution < -0.4 is 20.2 Å². The Morgan fingerprint density at radius 2 is 1.58 bits per heavy atom. The molecule has 3 fully saturated rings. The molecule has 7 rings (SSSR count). The Labute approximate surface area is 260 Å². The van der Waals surface area contributed by atoms with E-state index in [4.69, 9.17) is 9.47 Å². The molecule has 0 radical (unpaired) electrons. The standard InChI is InChI=1S/C35H33N3O7/c1-18-9-11-20(12-10-18)37-38-33(42)25-17-24-22(13-14-23-28(24)32(41)36-31(23)40)30(29-26(44-2)15-21(39)16-27(29)45-3)35(25,34(38)43)19-7-5-4-6-8-19/h4-13,15-16,23-25,28,30,37,39H,14,17H2,1-3H3,(H,36,40,41). The van der Waals surface area contributed by atoms with E-state index in [1.165, 1.54) is 26.4 Å². The van der Waals surface area contributed by atoms with Crippen LogP contribution in [0.5, 0.6) is 17.2 Å². The molecule has 0 spiro atoms. The quantitative estimate of drug-likeness (QED) is 0.283. The number of aromatic hydroxyl groups is 1. The van der Waals surface area contributed by atoms with Crippen molar-refractivity contribution in [3.63, 3.8) is 0 Å². The number of carbonyl (C=O) groups excluding carboxylic acids is 4. The first-order chi connectivity index (χ1) is 21.7. The average Bonchev–Trinajstić information content (AvgIpc) is 3.46. The number of anilines is 1. The number of amides is 4. The van der Waals surface area contributed by atoms with Crippen LogP contribution in [0.4, 0.5) is 5.69 Å². The number of benzene rings is 3. The van der Waals surface area contributed by atoms with E-state index in [9.17, 15) is 19.5 Å². The van der Waals surface area contributed by atoms with Crippen molar-refractivity contribution in [1.82, 2.24) is 10.3 Å². The van der Waals surface area contributed by atoms with E-state index >= 15 is 4.79 Å². The van der Waals surface area contributed by atoms with Gasteiger partial charge in [0.15, 0.2) is 0 Å². The second-order valence-electron chi connectivity index (χ2n) is 12.2. The number of rotatable bonds is 6. The summed E-state index contributed by atoms with van der Waals surface area (Å²) >= 11 is 0. The number of allylic oxidation sites excluding steroid dienone is 2. The van der Waals surface area contributed by atoms with Crippen LogP contribution in [0.1, 0.15) is 35.4 Å². The summed E-state index contributed by atoms with van der Waals surface area (Å²) in [5.74, 6) is -4.67. The molecular weight excluding hydrogens is 574 g/mol. The number of hydrogen-bond donors (Lipinski definition) is 3. The van der Waals surface area contributed by atoms with Crippen molar-refractivity contribution < 1.29 is 33.8 Å². The Hall–Kier alpha value is -5.12. The number of hydrazine groups is 1. The first-order valence-electron chi connectivity index (χ1n) is 15.0. The molecule has 2 heterocycles. The van der Waals surface area contributed by atoms with E-state index in [0.717, 1.165) is 16.1 Å². The average molecular weight is 608 g/mol. The van der Waals surface area contributed by atoms with Crippen LogP contribution in [0.3, 0.4) is 0 Å². The predicted octanol–water partition coefficient (Wildman–Crippen LogP) is 3.99. The van der Waals surface area contributed by atoms with Crippen LogP contribution >= 0.6 is 0 Å². The summed E-state index contributed by atoms with van der Waals surface area (Å²) in [7, 11) is 2.93. The number of methoxy groups -OCH3 is 2. The number of nitrogens with zero attached hydrogens (tertiary/aromatic N) is 1. The molecule has 230 valence electrons. The lowest BCUT2D eigenvalue weighted by molar-refractivity contribution is -0.138. The maximum atomic E-state index is 15.2. The Bertz CT molecular complexity index is 1740. The van der Waals surface area contributed by atoms with Gasteiger partial charge in [-0.2, -0.15) is 5.01 Å². The van der Waals surface area contributed by atoms with Crippen molar-refractivity contribution in [3.05, 3.63) is 95.1 Å². The van der Waals surface area contributed by atoms with Gasteiger partial charge in [0.2, 0.25) is 11.8 Å². The van der Waals surface area contributed by atoms with Gasteiger partial charge in [-0.1, -0.05) is 59.7 Å². The number of aryl methyl sites for hydroxylation is 1. The van der Waals surface area contributed by atoms with Gasteiger partial charge in [-0.25, -0.2) is 0 Å². The van der Waals surface area contributed by atoms with Gasteiger partial charge in [0.25, 0.3) is 11.8 Å². The van der Waals surface area contributed by atoms with Gasteiger partial charge in [0.1, 0.15) is 17.2 Å². The lowest BCUT2D eigenvalue weighted by Gasteiger charge is -2.51. The minimum Gasteiger partial charge on any atom is -0.508 e. The van der Waals surface area contributed by atoms with Gasteiger partial charge in [-0.15, -0.1) is 0 Å². The van der Waals surface area contributed by atoms with Crippen molar-refractivity contribution in [2.45, 2.75) is 31.1 Å². The fourth-order valence-electron chi connectivity index (χ4n) is 8.18. The third-order valence-corrected chi connectivity index (χ3v) is 10.1. The SMILES string of the molecule is COc1cc(O)cc(OC)c1C1C2=CCC3C(=O)NC(=O)C3C2CC2C(=O)N(Nc3ccc(C)cc3)C(=O)C21c1ccccc1. The van der Waals surface area contributed by atoms with E-state index in [2.05, 4.69) is 10.7 Å². The third kappa shape index (κ3) is 4.08. The van der Waals surface area contributed by atoms with Crippen LogP contribution in [0.25, 0.3) is 0 Å². The van der Waals surface area contributed by atoms with E-state index in [-0.39, 0.29) is 35.5 Å². The Morgan fingerprint density at radius 3 is 2.22 bits per heavy atom. The Balaban J connectivity index is 1.52. The summed E-state index contributed by atoms with van der Waals surface area (Å²) in [6.07, 6.45) is 2.43. The van der Waals surface area contributed by atoms with Gasteiger partial charge in [0, 0.05) is 23.6 Å². The van der Waals surface area contributed by atoms with Crippen LogP contribution in [-0.4, -0.2) is 48.0 Å². The Morgan fingerprint density at radius 1 is 0.911 bits per heavy atom. The number of hydrogen-bond acceptors (Lipinski definition) is 8. The van der Waals surface area contributed by atoms with Crippen molar-refractivity contribution in [1.29, 1.82) is 0 Å². The normalized spacial score (nSPS) is 28.6. The summed E-state index contributed by atoms with van der Waals surface area (Å²) < 4.78 is 11.7. The molecule has 2 aliphatic carbocycles. The highest BCUT2D eigenvalue weighted by Gasteiger charge is 2.70. The third-order valence-electron chi connectivity index (χ3n) is 10.1.